The fourth-order valence-electron chi connectivity index (χ4n) is 3.28. The van der Waals surface area contributed by atoms with Crippen molar-refractivity contribution in [3.63, 3.8) is 0 Å². The Morgan fingerprint density at radius 3 is 2.86 bits per heavy atom. The Morgan fingerprint density at radius 1 is 1.18 bits per heavy atom. The van der Waals surface area contributed by atoms with Crippen LogP contribution in [0.2, 0.25) is 0 Å². The maximum Gasteiger partial charge on any atom is 0.241 e. The van der Waals surface area contributed by atoms with E-state index in [4.69, 9.17) is 0 Å². The highest BCUT2D eigenvalue weighted by molar-refractivity contribution is 8.77. The van der Waals surface area contributed by atoms with Gasteiger partial charge in [-0.15, -0.1) is 0 Å². The van der Waals surface area contributed by atoms with Crippen molar-refractivity contribution in [1.29, 1.82) is 0 Å². The molecule has 152 valence electrons. The molecule has 1 aromatic heterocycles. The van der Waals surface area contributed by atoms with E-state index in [1.807, 2.05) is 27.7 Å². The Balaban J connectivity index is 1.38. The molecule has 1 aliphatic heterocycles. The van der Waals surface area contributed by atoms with Gasteiger partial charge in [-0.2, -0.15) is 0 Å². The summed E-state index contributed by atoms with van der Waals surface area (Å²) in [6.45, 7) is 0.269. The van der Waals surface area contributed by atoms with Gasteiger partial charge in [-0.05, 0) is 37.8 Å². The van der Waals surface area contributed by atoms with Crippen LogP contribution >= 0.6 is 21.6 Å². The normalized spacial score (nSPS) is 17.2. The molecule has 3 rings (SSSR count). The molecule has 1 aliphatic rings. The summed E-state index contributed by atoms with van der Waals surface area (Å²) >= 11 is 0. The van der Waals surface area contributed by atoms with Crippen LogP contribution in [0.25, 0.3) is 10.8 Å². The zero-order valence-electron chi connectivity index (χ0n) is 15.8. The number of benzene rings is 1. The minimum atomic E-state index is -3.61. The highest BCUT2D eigenvalue weighted by Gasteiger charge is 2.17. The number of aromatic nitrogens is 1. The molecule has 0 radical (unpaired) electrons. The molecule has 5 nitrogen and oxygen atoms in total. The smallest absolute Gasteiger partial charge is 0.241 e. The number of hydrogen-bond donors (Lipinski definition) is 1. The predicted octanol–water partition coefficient (Wildman–Crippen LogP) is 4.58. The highest BCUT2D eigenvalue weighted by Crippen LogP contribution is 2.39. The van der Waals surface area contributed by atoms with Gasteiger partial charge in [0.05, 0.1) is 4.90 Å². The molecule has 0 amide bonds. The Morgan fingerprint density at radius 2 is 2.04 bits per heavy atom. The Bertz CT molecular complexity index is 891. The second-order valence-corrected chi connectivity index (χ2v) is 11.5. The number of Topliss-reactive ketones (excluding diaryl/α,β-unsaturated/α-hetero) is 1. The summed E-state index contributed by atoms with van der Waals surface area (Å²) in [4.78, 5) is 16.3. The quantitative estimate of drug-likeness (QED) is 0.409. The first kappa shape index (κ1) is 21.6. The van der Waals surface area contributed by atoms with Gasteiger partial charge in [0.15, 0.2) is 0 Å². The Kier molecular flexibility index (Phi) is 8.20. The molecule has 1 fully saturated rings. The number of nitrogens with one attached hydrogen (secondary N) is 1. The molecule has 2 aromatic rings. The first-order valence-corrected chi connectivity index (χ1v) is 13.6. The lowest BCUT2D eigenvalue weighted by molar-refractivity contribution is -0.119. The second-order valence-electron chi connectivity index (χ2n) is 6.97. The first-order valence-electron chi connectivity index (χ1n) is 9.69. The van der Waals surface area contributed by atoms with Crippen LogP contribution in [0.15, 0.2) is 41.6 Å². The lowest BCUT2D eigenvalue weighted by Crippen LogP contribution is -2.25. The van der Waals surface area contributed by atoms with E-state index in [0.717, 1.165) is 23.5 Å². The predicted molar refractivity (Wildman–Crippen MR) is 118 cm³/mol. The summed E-state index contributed by atoms with van der Waals surface area (Å²) in [5.74, 6) is 1.48. The number of unbranched alkanes of at least 4 members (excludes halogenated alkanes) is 1. The van der Waals surface area contributed by atoms with Gasteiger partial charge in [-0.25, -0.2) is 13.1 Å². The number of fused-ring (bicyclic) bond motifs is 1. The molecule has 0 spiro atoms. The number of sulfonamides is 1. The fraction of sp³-hybridized carbons (Fsp3) is 0.500. The van der Waals surface area contributed by atoms with Gasteiger partial charge in [0.25, 0.3) is 0 Å². The van der Waals surface area contributed by atoms with Gasteiger partial charge >= 0.3 is 0 Å². The van der Waals surface area contributed by atoms with Crippen molar-refractivity contribution in [2.75, 3.05) is 12.3 Å². The third-order valence-electron chi connectivity index (χ3n) is 4.81. The first-order chi connectivity index (χ1) is 13.6. The van der Waals surface area contributed by atoms with Crippen LogP contribution in [0.1, 0.15) is 44.9 Å². The largest absolute Gasteiger partial charge is 0.300 e. The van der Waals surface area contributed by atoms with Gasteiger partial charge in [-0.3, -0.25) is 9.78 Å². The van der Waals surface area contributed by atoms with Crippen molar-refractivity contribution in [2.24, 2.45) is 0 Å². The Labute approximate surface area is 174 Å². The second kappa shape index (κ2) is 10.6. The van der Waals surface area contributed by atoms with E-state index >= 15 is 0 Å². The van der Waals surface area contributed by atoms with Crippen LogP contribution in [0.3, 0.4) is 0 Å². The van der Waals surface area contributed by atoms with Crippen molar-refractivity contribution < 1.29 is 13.2 Å². The lowest BCUT2D eigenvalue weighted by Gasteiger charge is -2.09. The standard InChI is InChI=1S/C20H26N2O3S3/c23-17(6-1-2-8-18-11-14-26-27-18)7-4-12-22-28(24,25)20-9-3-5-16-15-21-13-10-19(16)20/h3,5,9-10,13,15,18,22H,1-2,4,6-8,11-12,14H2. The van der Waals surface area contributed by atoms with Crippen molar-refractivity contribution in [1.82, 2.24) is 9.71 Å². The average molecular weight is 439 g/mol. The molecule has 8 heteroatoms. The molecule has 1 saturated heterocycles. The molecule has 1 unspecified atom stereocenters. The summed E-state index contributed by atoms with van der Waals surface area (Å²) in [7, 11) is 0.325. The van der Waals surface area contributed by atoms with Gasteiger partial charge in [-0.1, -0.05) is 40.1 Å². The van der Waals surface area contributed by atoms with E-state index < -0.39 is 10.0 Å². The van der Waals surface area contributed by atoms with Crippen molar-refractivity contribution in [3.8, 4) is 0 Å². The van der Waals surface area contributed by atoms with Crippen molar-refractivity contribution in [2.45, 2.75) is 55.1 Å². The van der Waals surface area contributed by atoms with E-state index in [9.17, 15) is 13.2 Å². The fourth-order valence-corrected chi connectivity index (χ4v) is 7.61. The molecule has 1 aromatic carbocycles. The van der Waals surface area contributed by atoms with E-state index in [0.29, 0.717) is 24.6 Å². The summed E-state index contributed by atoms with van der Waals surface area (Å²) in [6, 6.07) is 6.85. The van der Waals surface area contributed by atoms with Crippen LogP contribution in [-0.4, -0.2) is 36.7 Å². The number of rotatable bonds is 11. The van der Waals surface area contributed by atoms with Crippen LogP contribution in [0.5, 0.6) is 0 Å². The maximum absolute atomic E-state index is 12.6. The molecule has 28 heavy (non-hydrogen) atoms. The molecule has 0 saturated carbocycles. The van der Waals surface area contributed by atoms with Crippen molar-refractivity contribution >= 4 is 48.2 Å². The molecule has 0 bridgehead atoms. The highest BCUT2D eigenvalue weighted by atomic mass is 33.1. The average Bonchev–Trinajstić information content (AvgIpc) is 3.22. The topological polar surface area (TPSA) is 76.1 Å². The van der Waals surface area contributed by atoms with E-state index in [-0.39, 0.29) is 17.2 Å². The van der Waals surface area contributed by atoms with E-state index in [1.165, 1.54) is 18.6 Å². The number of ketones is 1. The SMILES string of the molecule is O=C(CCCCC1CCSS1)CCCNS(=O)(=O)c1cccc2cnccc12. The number of nitrogens with zero attached hydrogens (tertiary/aromatic N) is 1. The number of hydrogen-bond acceptors (Lipinski definition) is 6. The van der Waals surface area contributed by atoms with Crippen LogP contribution < -0.4 is 4.72 Å². The Hall–Kier alpha value is -1.09. The number of carbonyl (C=O) groups is 1. The van der Waals surface area contributed by atoms with E-state index in [2.05, 4.69) is 9.71 Å². The number of carbonyl (C=O) groups excluding carboxylic acids is 1. The van der Waals surface area contributed by atoms with Gasteiger partial charge in [0.2, 0.25) is 10.0 Å². The van der Waals surface area contributed by atoms with Crippen LogP contribution in [0.4, 0.5) is 0 Å². The molecular weight excluding hydrogens is 412 g/mol. The lowest BCUT2D eigenvalue weighted by atomic mass is 10.1. The minimum Gasteiger partial charge on any atom is -0.300 e. The summed E-state index contributed by atoms with van der Waals surface area (Å²) in [6.07, 6.45) is 9.33. The van der Waals surface area contributed by atoms with E-state index in [1.54, 1.807) is 30.6 Å². The molecule has 1 N–H and O–H groups in total. The van der Waals surface area contributed by atoms with Crippen molar-refractivity contribution in [3.05, 3.63) is 36.7 Å². The van der Waals surface area contributed by atoms with Crippen LogP contribution in [-0.2, 0) is 14.8 Å². The summed E-state index contributed by atoms with van der Waals surface area (Å²) < 4.78 is 27.8. The molecular formula is C20H26N2O3S3. The summed E-state index contributed by atoms with van der Waals surface area (Å²) in [5, 5.41) is 2.20. The molecule has 0 aliphatic carbocycles. The van der Waals surface area contributed by atoms with Crippen LogP contribution in [0, 0.1) is 0 Å². The van der Waals surface area contributed by atoms with Gasteiger partial charge < -0.3 is 0 Å². The molecule has 2 heterocycles. The number of pyridine rings is 1. The molecule has 1 atom stereocenters. The third-order valence-corrected chi connectivity index (χ3v) is 9.34. The van der Waals surface area contributed by atoms with Gasteiger partial charge in [0, 0.05) is 53.6 Å². The zero-order chi connectivity index (χ0) is 19.8. The van der Waals surface area contributed by atoms with Gasteiger partial charge in [0.1, 0.15) is 5.78 Å². The monoisotopic (exact) mass is 438 g/mol. The zero-order valence-corrected chi connectivity index (χ0v) is 18.3. The third kappa shape index (κ3) is 6.20. The minimum absolute atomic E-state index is 0.226. The maximum atomic E-state index is 12.6. The summed E-state index contributed by atoms with van der Waals surface area (Å²) in [5.41, 5.74) is 0.